The van der Waals surface area contributed by atoms with E-state index in [-0.39, 0.29) is 0 Å². The van der Waals surface area contributed by atoms with Gasteiger partial charge in [0.15, 0.2) is 0 Å². The van der Waals surface area contributed by atoms with E-state index in [1.807, 2.05) is 6.08 Å². The van der Waals surface area contributed by atoms with Gasteiger partial charge in [-0.15, -0.1) is 6.58 Å². The van der Waals surface area contributed by atoms with Crippen molar-refractivity contribution in [1.29, 1.82) is 0 Å². The Hall–Kier alpha value is -1.97. The van der Waals surface area contributed by atoms with E-state index in [4.69, 9.17) is 10.5 Å². The van der Waals surface area contributed by atoms with Gasteiger partial charge in [-0.25, -0.2) is 4.79 Å². The van der Waals surface area contributed by atoms with Crippen LogP contribution in [0.3, 0.4) is 0 Å². The van der Waals surface area contributed by atoms with Crippen LogP contribution < -0.4 is 10.5 Å². The van der Waals surface area contributed by atoms with E-state index in [2.05, 4.69) is 11.3 Å². The molecule has 0 saturated heterocycles. The predicted molar refractivity (Wildman–Crippen MR) is 67.1 cm³/mol. The van der Waals surface area contributed by atoms with Gasteiger partial charge in [0, 0.05) is 5.69 Å². The number of unbranched alkanes of at least 4 members (excludes halogenated alkanes) is 1. The van der Waals surface area contributed by atoms with Crippen molar-refractivity contribution < 1.29 is 14.3 Å². The molecule has 0 radical (unpaired) electrons. The smallest absolute Gasteiger partial charge is 0.340 e. The Morgan fingerprint density at radius 3 is 2.94 bits per heavy atom. The number of anilines is 1. The maximum absolute atomic E-state index is 11.4. The van der Waals surface area contributed by atoms with Crippen molar-refractivity contribution in [1.82, 2.24) is 0 Å². The van der Waals surface area contributed by atoms with E-state index in [0.29, 0.717) is 23.6 Å². The average molecular weight is 235 g/mol. The normalized spacial score (nSPS) is 9.71. The molecule has 0 aliphatic rings. The maximum Gasteiger partial charge on any atom is 0.340 e. The number of nitrogens with two attached hydrogens (primary N) is 1. The first-order valence-electron chi connectivity index (χ1n) is 5.40. The number of rotatable bonds is 6. The van der Waals surface area contributed by atoms with Crippen molar-refractivity contribution in [2.24, 2.45) is 0 Å². The van der Waals surface area contributed by atoms with Crippen LogP contribution in [0, 0.1) is 0 Å². The fourth-order valence-corrected chi connectivity index (χ4v) is 1.33. The van der Waals surface area contributed by atoms with Crippen molar-refractivity contribution in [3.05, 3.63) is 36.4 Å². The number of esters is 1. The topological polar surface area (TPSA) is 61.5 Å². The van der Waals surface area contributed by atoms with Crippen molar-refractivity contribution >= 4 is 11.7 Å². The average Bonchev–Trinajstić information content (AvgIpc) is 2.35. The van der Waals surface area contributed by atoms with Crippen LogP contribution in [0.1, 0.15) is 23.2 Å². The molecule has 0 unspecified atom stereocenters. The number of benzene rings is 1. The van der Waals surface area contributed by atoms with E-state index < -0.39 is 5.97 Å². The lowest BCUT2D eigenvalue weighted by atomic mass is 10.2. The molecule has 0 saturated carbocycles. The molecule has 92 valence electrons. The number of carbonyl (C=O) groups is 1. The monoisotopic (exact) mass is 235 g/mol. The Morgan fingerprint density at radius 2 is 2.29 bits per heavy atom. The molecule has 1 rings (SSSR count). The first-order valence-corrected chi connectivity index (χ1v) is 5.40. The number of allylic oxidation sites excluding steroid dienone is 1. The van der Waals surface area contributed by atoms with Crippen molar-refractivity contribution in [3.8, 4) is 5.75 Å². The minimum Gasteiger partial charge on any atom is -0.494 e. The Kier molecular flexibility index (Phi) is 5.07. The molecule has 0 amide bonds. The minimum atomic E-state index is -0.459. The number of hydrogen-bond donors (Lipinski definition) is 1. The fourth-order valence-electron chi connectivity index (χ4n) is 1.33. The van der Waals surface area contributed by atoms with Gasteiger partial charge in [0.1, 0.15) is 5.75 Å². The standard InChI is InChI=1S/C13H17NO3/c1-3-4-5-8-17-10-6-7-12(14)11(9-10)13(15)16-2/h3,6-7,9H,1,4-5,8,14H2,2H3. The van der Waals surface area contributed by atoms with E-state index >= 15 is 0 Å². The molecule has 0 fully saturated rings. The van der Waals surface area contributed by atoms with Crippen molar-refractivity contribution in [3.63, 3.8) is 0 Å². The Labute approximate surface area is 101 Å². The first kappa shape index (κ1) is 13.1. The molecule has 4 nitrogen and oxygen atoms in total. The van der Waals surface area contributed by atoms with Crippen LogP contribution in [0.25, 0.3) is 0 Å². The quantitative estimate of drug-likeness (QED) is 0.356. The van der Waals surface area contributed by atoms with Crippen LogP contribution in [0.4, 0.5) is 5.69 Å². The highest BCUT2D eigenvalue weighted by molar-refractivity contribution is 5.95. The van der Waals surface area contributed by atoms with Crippen LogP contribution in [0.2, 0.25) is 0 Å². The van der Waals surface area contributed by atoms with Gasteiger partial charge >= 0.3 is 5.97 Å². The summed E-state index contributed by atoms with van der Waals surface area (Å²) in [5.74, 6) is 0.155. The zero-order valence-electron chi connectivity index (χ0n) is 9.94. The van der Waals surface area contributed by atoms with E-state index in [1.165, 1.54) is 7.11 Å². The van der Waals surface area contributed by atoms with Crippen LogP contribution in [0.5, 0.6) is 5.75 Å². The van der Waals surface area contributed by atoms with Crippen molar-refractivity contribution in [2.75, 3.05) is 19.5 Å². The summed E-state index contributed by atoms with van der Waals surface area (Å²) in [5, 5.41) is 0. The SMILES string of the molecule is C=CCCCOc1ccc(N)c(C(=O)OC)c1. The third kappa shape index (κ3) is 3.83. The minimum absolute atomic E-state index is 0.328. The summed E-state index contributed by atoms with van der Waals surface area (Å²) in [4.78, 5) is 11.4. The highest BCUT2D eigenvalue weighted by Crippen LogP contribution is 2.20. The lowest BCUT2D eigenvalue weighted by molar-refractivity contribution is 0.0601. The van der Waals surface area contributed by atoms with Crippen molar-refractivity contribution in [2.45, 2.75) is 12.8 Å². The molecule has 0 heterocycles. The van der Waals surface area contributed by atoms with Crippen LogP contribution in [-0.2, 0) is 4.74 Å². The molecule has 4 heteroatoms. The molecule has 0 bridgehead atoms. The molecule has 1 aromatic carbocycles. The van der Waals surface area contributed by atoms with Gasteiger partial charge in [-0.3, -0.25) is 0 Å². The Balaban J connectivity index is 2.68. The maximum atomic E-state index is 11.4. The zero-order chi connectivity index (χ0) is 12.7. The molecule has 1 aromatic rings. The molecular weight excluding hydrogens is 218 g/mol. The van der Waals surface area contributed by atoms with Gasteiger partial charge in [0.25, 0.3) is 0 Å². The second kappa shape index (κ2) is 6.58. The molecule has 0 atom stereocenters. The highest BCUT2D eigenvalue weighted by atomic mass is 16.5. The summed E-state index contributed by atoms with van der Waals surface area (Å²) in [6, 6.07) is 4.96. The summed E-state index contributed by atoms with van der Waals surface area (Å²) < 4.78 is 10.1. The lowest BCUT2D eigenvalue weighted by Gasteiger charge is -2.08. The van der Waals surface area contributed by atoms with Gasteiger partial charge in [-0.1, -0.05) is 6.08 Å². The molecule has 2 N–H and O–H groups in total. The third-order valence-corrected chi connectivity index (χ3v) is 2.25. The summed E-state index contributed by atoms with van der Waals surface area (Å²) >= 11 is 0. The molecule has 0 aliphatic heterocycles. The second-order valence-electron chi connectivity index (χ2n) is 3.52. The number of carbonyl (C=O) groups excluding carboxylic acids is 1. The first-order chi connectivity index (χ1) is 8.19. The van der Waals surface area contributed by atoms with Gasteiger partial charge in [0.05, 0.1) is 19.3 Å². The fraction of sp³-hybridized carbons (Fsp3) is 0.308. The number of hydrogen-bond acceptors (Lipinski definition) is 4. The highest BCUT2D eigenvalue weighted by Gasteiger charge is 2.10. The zero-order valence-corrected chi connectivity index (χ0v) is 9.94. The Bertz CT molecular complexity index is 402. The summed E-state index contributed by atoms with van der Waals surface area (Å²) in [6.45, 7) is 4.21. The summed E-state index contributed by atoms with van der Waals surface area (Å²) in [6.07, 6.45) is 3.63. The number of ether oxygens (including phenoxy) is 2. The van der Waals surface area contributed by atoms with E-state index in [0.717, 1.165) is 12.8 Å². The molecule has 0 aliphatic carbocycles. The van der Waals surface area contributed by atoms with Crippen LogP contribution in [0.15, 0.2) is 30.9 Å². The lowest BCUT2D eigenvalue weighted by Crippen LogP contribution is -2.06. The second-order valence-corrected chi connectivity index (χ2v) is 3.52. The summed E-state index contributed by atoms with van der Waals surface area (Å²) in [5.41, 5.74) is 6.38. The molecule has 17 heavy (non-hydrogen) atoms. The van der Waals surface area contributed by atoms with E-state index in [9.17, 15) is 4.79 Å². The summed E-state index contributed by atoms with van der Waals surface area (Å²) in [7, 11) is 1.32. The third-order valence-electron chi connectivity index (χ3n) is 2.25. The molecular formula is C13H17NO3. The van der Waals surface area contributed by atoms with Gasteiger partial charge in [-0.05, 0) is 31.0 Å². The molecule has 0 spiro atoms. The largest absolute Gasteiger partial charge is 0.494 e. The van der Waals surface area contributed by atoms with Gasteiger partial charge in [-0.2, -0.15) is 0 Å². The number of nitrogen functional groups attached to an aromatic ring is 1. The van der Waals surface area contributed by atoms with Gasteiger partial charge in [0.2, 0.25) is 0 Å². The van der Waals surface area contributed by atoms with Gasteiger partial charge < -0.3 is 15.2 Å². The Morgan fingerprint density at radius 1 is 1.53 bits per heavy atom. The van der Waals surface area contributed by atoms with Crippen LogP contribution in [-0.4, -0.2) is 19.7 Å². The molecule has 0 aromatic heterocycles. The van der Waals surface area contributed by atoms with Crippen LogP contribution >= 0.6 is 0 Å². The predicted octanol–water partition coefficient (Wildman–Crippen LogP) is 2.40. The number of methoxy groups -OCH3 is 1. The van der Waals surface area contributed by atoms with E-state index in [1.54, 1.807) is 18.2 Å².